The zero-order valence-corrected chi connectivity index (χ0v) is 17.5. The maximum atomic E-state index is 12.1. The average molecular weight is 401 g/mol. The van der Waals surface area contributed by atoms with E-state index in [-0.39, 0.29) is 12.1 Å². The predicted molar refractivity (Wildman–Crippen MR) is 104 cm³/mol. The van der Waals surface area contributed by atoms with Crippen LogP contribution in [0.15, 0.2) is 24.3 Å². The highest BCUT2D eigenvalue weighted by Gasteiger charge is 2.77. The first-order valence-corrected chi connectivity index (χ1v) is 9.96. The highest BCUT2D eigenvalue weighted by atomic mass is 16.7. The van der Waals surface area contributed by atoms with Crippen molar-refractivity contribution in [1.82, 2.24) is 4.90 Å². The first-order valence-electron chi connectivity index (χ1n) is 9.96. The van der Waals surface area contributed by atoms with Gasteiger partial charge in [-0.3, -0.25) is 9.69 Å². The van der Waals surface area contributed by atoms with Crippen molar-refractivity contribution in [3.8, 4) is 11.5 Å². The molecular weight excluding hydrogens is 374 g/mol. The molecule has 0 bridgehead atoms. The van der Waals surface area contributed by atoms with Crippen LogP contribution in [0.4, 0.5) is 0 Å². The Bertz CT molecular complexity index is 909. The lowest BCUT2D eigenvalue weighted by atomic mass is 9.52. The second-order valence-corrected chi connectivity index (χ2v) is 8.36. The van der Waals surface area contributed by atoms with Gasteiger partial charge in [-0.05, 0) is 37.7 Å². The van der Waals surface area contributed by atoms with Crippen molar-refractivity contribution in [2.45, 2.75) is 48.7 Å². The first-order chi connectivity index (χ1) is 13.9. The Hall–Kier alpha value is -2.09. The van der Waals surface area contributed by atoms with Gasteiger partial charge in [0, 0.05) is 33.1 Å². The summed E-state index contributed by atoms with van der Waals surface area (Å²) in [6.45, 7) is 2.30. The van der Waals surface area contributed by atoms with E-state index in [4.69, 9.17) is 23.7 Å². The van der Waals surface area contributed by atoms with Crippen molar-refractivity contribution in [2.75, 3.05) is 34.9 Å². The van der Waals surface area contributed by atoms with Gasteiger partial charge in [0.2, 0.25) is 5.79 Å². The zero-order valence-electron chi connectivity index (χ0n) is 17.5. The van der Waals surface area contributed by atoms with E-state index in [1.165, 1.54) is 6.92 Å². The van der Waals surface area contributed by atoms with Crippen LogP contribution in [-0.4, -0.2) is 69.3 Å². The Kier molecular flexibility index (Phi) is 3.89. The van der Waals surface area contributed by atoms with Crippen LogP contribution in [-0.2, 0) is 30.8 Å². The van der Waals surface area contributed by atoms with Crippen LogP contribution >= 0.6 is 0 Å². The molecule has 7 nitrogen and oxygen atoms in total. The fraction of sp³-hybridized carbons (Fsp3) is 0.591. The summed E-state index contributed by atoms with van der Waals surface area (Å²) < 4.78 is 30.0. The van der Waals surface area contributed by atoms with Crippen molar-refractivity contribution < 1.29 is 28.5 Å². The fourth-order valence-electron chi connectivity index (χ4n) is 6.42. The maximum absolute atomic E-state index is 12.1. The molecule has 7 heteroatoms. The summed E-state index contributed by atoms with van der Waals surface area (Å²) in [6, 6.07) is 3.99. The molecule has 2 aliphatic heterocycles. The van der Waals surface area contributed by atoms with Crippen molar-refractivity contribution in [2.24, 2.45) is 0 Å². The van der Waals surface area contributed by atoms with Gasteiger partial charge in [0.05, 0.1) is 18.1 Å². The lowest BCUT2D eigenvalue weighted by molar-refractivity contribution is -0.245. The Morgan fingerprint density at radius 1 is 1.21 bits per heavy atom. The number of hydrogen-bond donors (Lipinski definition) is 0. The molecule has 5 rings (SSSR count). The molecule has 0 radical (unpaired) electrons. The average Bonchev–Trinajstić information content (AvgIpc) is 3.23. The number of likely N-dealkylation sites (tertiary alicyclic amines) is 1. The molecule has 1 saturated heterocycles. The van der Waals surface area contributed by atoms with Gasteiger partial charge in [0.25, 0.3) is 0 Å². The normalized spacial score (nSPS) is 35.6. The largest absolute Gasteiger partial charge is 0.493 e. The minimum absolute atomic E-state index is 0.281. The van der Waals surface area contributed by atoms with Gasteiger partial charge in [0.1, 0.15) is 6.10 Å². The van der Waals surface area contributed by atoms with Crippen LogP contribution in [0.25, 0.3) is 0 Å². The quantitative estimate of drug-likeness (QED) is 0.433. The number of likely N-dealkylation sites (N-methyl/N-ethyl adjacent to an activating group) is 1. The summed E-state index contributed by atoms with van der Waals surface area (Å²) in [5.74, 6) is 0.117. The summed E-state index contributed by atoms with van der Waals surface area (Å²) >= 11 is 0. The van der Waals surface area contributed by atoms with Crippen LogP contribution in [0.3, 0.4) is 0 Å². The fourth-order valence-corrected chi connectivity index (χ4v) is 6.42. The SMILES string of the molecule is COc1ccc2c3c1OC1C(OC)(OC)C=CC4(C(OC(C)=O)C2)N(C)CCC314. The predicted octanol–water partition coefficient (Wildman–Crippen LogP) is 1.81. The first kappa shape index (κ1) is 18.9. The highest BCUT2D eigenvalue weighted by molar-refractivity contribution is 5.69. The van der Waals surface area contributed by atoms with Crippen LogP contribution in [0.5, 0.6) is 11.5 Å². The Labute approximate surface area is 170 Å². The minimum Gasteiger partial charge on any atom is -0.493 e. The number of rotatable bonds is 4. The minimum atomic E-state index is -1.05. The number of methoxy groups -OCH3 is 3. The van der Waals surface area contributed by atoms with Crippen molar-refractivity contribution in [1.29, 1.82) is 0 Å². The third kappa shape index (κ3) is 1.96. The van der Waals surface area contributed by atoms with E-state index < -0.39 is 22.8 Å². The van der Waals surface area contributed by atoms with Gasteiger partial charge >= 0.3 is 5.97 Å². The summed E-state index contributed by atoms with van der Waals surface area (Å²) in [4.78, 5) is 14.3. The lowest BCUT2D eigenvalue weighted by Gasteiger charge is -2.58. The molecule has 0 aromatic heterocycles. The van der Waals surface area contributed by atoms with Crippen molar-refractivity contribution in [3.63, 3.8) is 0 Å². The molecule has 1 aromatic carbocycles. The van der Waals surface area contributed by atoms with E-state index in [0.717, 1.165) is 29.8 Å². The number of esters is 1. The summed E-state index contributed by atoms with van der Waals surface area (Å²) in [5.41, 5.74) is 1.23. The van der Waals surface area contributed by atoms with E-state index in [0.29, 0.717) is 12.2 Å². The van der Waals surface area contributed by atoms with Gasteiger partial charge in [-0.1, -0.05) is 12.1 Å². The molecule has 4 atom stereocenters. The second-order valence-electron chi connectivity index (χ2n) is 8.36. The van der Waals surface area contributed by atoms with Gasteiger partial charge < -0.3 is 23.7 Å². The number of ether oxygens (including phenoxy) is 5. The molecule has 4 aliphatic rings. The molecule has 156 valence electrons. The summed E-state index contributed by atoms with van der Waals surface area (Å²) in [7, 11) is 7.00. The molecule has 1 aromatic rings. The van der Waals surface area contributed by atoms with Crippen LogP contribution in [0.1, 0.15) is 24.5 Å². The summed E-state index contributed by atoms with van der Waals surface area (Å²) in [5, 5.41) is 0. The van der Waals surface area contributed by atoms with Crippen LogP contribution in [0.2, 0.25) is 0 Å². The molecule has 1 fully saturated rings. The van der Waals surface area contributed by atoms with Gasteiger partial charge in [-0.25, -0.2) is 0 Å². The monoisotopic (exact) mass is 401 g/mol. The molecule has 0 amide bonds. The summed E-state index contributed by atoms with van der Waals surface area (Å²) in [6.07, 6.45) is 4.72. The maximum Gasteiger partial charge on any atom is 0.302 e. The van der Waals surface area contributed by atoms with Gasteiger partial charge in [0.15, 0.2) is 17.6 Å². The second kappa shape index (κ2) is 5.97. The van der Waals surface area contributed by atoms with Gasteiger partial charge in [-0.2, -0.15) is 0 Å². The molecule has 4 unspecified atom stereocenters. The number of benzene rings is 1. The van der Waals surface area contributed by atoms with E-state index in [2.05, 4.69) is 24.1 Å². The van der Waals surface area contributed by atoms with Crippen LogP contribution in [0, 0.1) is 0 Å². The Morgan fingerprint density at radius 2 is 1.97 bits per heavy atom. The number of hydrogen-bond acceptors (Lipinski definition) is 7. The molecule has 0 N–H and O–H groups in total. The Morgan fingerprint density at radius 3 is 2.62 bits per heavy atom. The van der Waals surface area contributed by atoms with E-state index in [1.54, 1.807) is 21.3 Å². The molecular formula is C22H27NO6. The van der Waals surface area contributed by atoms with E-state index in [1.807, 2.05) is 12.1 Å². The Balaban J connectivity index is 1.86. The van der Waals surface area contributed by atoms with Crippen LogP contribution < -0.4 is 9.47 Å². The lowest BCUT2D eigenvalue weighted by Crippen LogP contribution is -2.74. The van der Waals surface area contributed by atoms with Crippen molar-refractivity contribution >= 4 is 5.97 Å². The van der Waals surface area contributed by atoms with Crippen molar-refractivity contribution in [3.05, 3.63) is 35.4 Å². The third-order valence-corrected chi connectivity index (χ3v) is 7.52. The molecule has 1 spiro atoms. The zero-order chi connectivity index (χ0) is 20.6. The molecule has 29 heavy (non-hydrogen) atoms. The van der Waals surface area contributed by atoms with Gasteiger partial charge in [-0.15, -0.1) is 0 Å². The standard InChI is InChI=1S/C22H27NO6/c1-13(24)28-16-12-14-6-7-15(25-3)18-17(14)20-10-11-23(2)21(16,20)8-9-22(26-4,27-5)19(20)29-18/h6-9,16,19H,10-12H2,1-5H3. The molecule has 2 heterocycles. The number of carbonyl (C=O) groups is 1. The highest BCUT2D eigenvalue weighted by Crippen LogP contribution is 2.67. The number of carbonyl (C=O) groups excluding carboxylic acids is 1. The molecule has 0 saturated carbocycles. The topological polar surface area (TPSA) is 66.5 Å². The van der Waals surface area contributed by atoms with E-state index >= 15 is 0 Å². The smallest absolute Gasteiger partial charge is 0.302 e. The number of nitrogens with zero attached hydrogens (tertiary/aromatic N) is 1. The molecule has 2 aliphatic carbocycles. The third-order valence-electron chi connectivity index (χ3n) is 7.52. The van der Waals surface area contributed by atoms with E-state index in [9.17, 15) is 4.79 Å².